The van der Waals surface area contributed by atoms with Gasteiger partial charge < -0.3 is 10.1 Å². The predicted molar refractivity (Wildman–Crippen MR) is 112 cm³/mol. The van der Waals surface area contributed by atoms with Gasteiger partial charge in [0.15, 0.2) is 0 Å². The van der Waals surface area contributed by atoms with E-state index in [0.29, 0.717) is 13.2 Å². The standard InChI is InChI=1S/C23H31N3O2/c1-20(28-19-22-10-6-3-7-11-22)23(27)24-12-13-25-14-16-26(17-15-25)18-21-8-4-2-5-9-21/h2-11,20H,12-19H2,1H3,(H,24,27)/t20-/m1/s1. The molecule has 0 spiro atoms. The number of benzene rings is 2. The first-order chi connectivity index (χ1) is 13.7. The summed E-state index contributed by atoms with van der Waals surface area (Å²) in [6.07, 6.45) is -0.442. The van der Waals surface area contributed by atoms with Gasteiger partial charge in [0.05, 0.1) is 6.61 Å². The predicted octanol–water partition coefficient (Wildman–Crippen LogP) is 2.53. The fourth-order valence-corrected chi connectivity index (χ4v) is 3.36. The number of carbonyl (C=O) groups is 1. The lowest BCUT2D eigenvalue weighted by Crippen LogP contribution is -2.48. The molecular weight excluding hydrogens is 350 g/mol. The maximum absolute atomic E-state index is 12.2. The summed E-state index contributed by atoms with van der Waals surface area (Å²) in [7, 11) is 0. The summed E-state index contributed by atoms with van der Waals surface area (Å²) in [6, 6.07) is 20.5. The molecule has 1 fully saturated rings. The second kappa shape index (κ2) is 11.0. The van der Waals surface area contributed by atoms with E-state index in [1.54, 1.807) is 6.92 Å². The van der Waals surface area contributed by atoms with E-state index in [2.05, 4.69) is 45.4 Å². The molecule has 2 aromatic carbocycles. The normalized spacial score (nSPS) is 16.6. The Morgan fingerprint density at radius 1 is 0.929 bits per heavy atom. The van der Waals surface area contributed by atoms with E-state index >= 15 is 0 Å². The maximum Gasteiger partial charge on any atom is 0.248 e. The molecule has 1 aliphatic rings. The summed E-state index contributed by atoms with van der Waals surface area (Å²) >= 11 is 0. The zero-order valence-corrected chi connectivity index (χ0v) is 16.7. The maximum atomic E-state index is 12.2. The lowest BCUT2D eigenvalue weighted by molar-refractivity contribution is -0.132. The van der Waals surface area contributed by atoms with Gasteiger partial charge in [-0.25, -0.2) is 0 Å². The third-order valence-corrected chi connectivity index (χ3v) is 5.15. The smallest absolute Gasteiger partial charge is 0.248 e. The van der Waals surface area contributed by atoms with Crippen molar-refractivity contribution in [1.82, 2.24) is 15.1 Å². The third kappa shape index (κ3) is 6.75. The molecular formula is C23H31N3O2. The number of ether oxygens (including phenoxy) is 1. The van der Waals surface area contributed by atoms with Gasteiger partial charge in [-0.1, -0.05) is 60.7 Å². The molecule has 28 heavy (non-hydrogen) atoms. The number of amides is 1. The summed E-state index contributed by atoms with van der Waals surface area (Å²) in [4.78, 5) is 17.1. The molecule has 0 radical (unpaired) electrons. The topological polar surface area (TPSA) is 44.8 Å². The second-order valence-corrected chi connectivity index (χ2v) is 7.33. The van der Waals surface area contributed by atoms with Crippen molar-refractivity contribution in [1.29, 1.82) is 0 Å². The van der Waals surface area contributed by atoms with Crippen LogP contribution in [-0.4, -0.2) is 61.1 Å². The van der Waals surface area contributed by atoms with E-state index in [1.165, 1.54) is 5.56 Å². The zero-order valence-electron chi connectivity index (χ0n) is 16.7. The summed E-state index contributed by atoms with van der Waals surface area (Å²) in [5.41, 5.74) is 2.45. The van der Waals surface area contributed by atoms with Crippen molar-refractivity contribution in [3.8, 4) is 0 Å². The average molecular weight is 382 g/mol. The number of hydrogen-bond donors (Lipinski definition) is 1. The van der Waals surface area contributed by atoms with Gasteiger partial charge in [0.1, 0.15) is 6.10 Å². The van der Waals surface area contributed by atoms with E-state index in [9.17, 15) is 4.79 Å². The number of hydrogen-bond acceptors (Lipinski definition) is 4. The highest BCUT2D eigenvalue weighted by molar-refractivity contribution is 5.80. The Bertz CT molecular complexity index is 700. The summed E-state index contributed by atoms with van der Waals surface area (Å²) < 4.78 is 5.67. The van der Waals surface area contributed by atoms with Crippen LogP contribution in [0.1, 0.15) is 18.1 Å². The van der Waals surface area contributed by atoms with Crippen LogP contribution in [0.15, 0.2) is 60.7 Å². The highest BCUT2D eigenvalue weighted by atomic mass is 16.5. The Labute approximate surface area is 168 Å². The Morgan fingerprint density at radius 2 is 1.50 bits per heavy atom. The molecule has 0 aliphatic carbocycles. The molecule has 150 valence electrons. The largest absolute Gasteiger partial charge is 0.364 e. The van der Waals surface area contributed by atoms with Crippen LogP contribution in [0, 0.1) is 0 Å². The Balaban J connectivity index is 1.28. The van der Waals surface area contributed by atoms with Gasteiger partial charge in [-0.05, 0) is 18.1 Å². The first kappa shape index (κ1) is 20.5. The molecule has 5 nitrogen and oxygen atoms in total. The first-order valence-corrected chi connectivity index (χ1v) is 10.1. The average Bonchev–Trinajstić information content (AvgIpc) is 2.74. The minimum Gasteiger partial charge on any atom is -0.364 e. The molecule has 1 amide bonds. The van der Waals surface area contributed by atoms with Crippen molar-refractivity contribution in [2.75, 3.05) is 39.3 Å². The molecule has 0 unspecified atom stereocenters. The van der Waals surface area contributed by atoms with Crippen LogP contribution in [-0.2, 0) is 22.7 Å². The lowest BCUT2D eigenvalue weighted by atomic mass is 10.2. The number of piperazine rings is 1. The van der Waals surface area contributed by atoms with Crippen LogP contribution in [0.2, 0.25) is 0 Å². The van der Waals surface area contributed by atoms with E-state index in [4.69, 9.17) is 4.74 Å². The van der Waals surface area contributed by atoms with Gasteiger partial charge in [0.2, 0.25) is 5.91 Å². The van der Waals surface area contributed by atoms with Crippen LogP contribution in [0.3, 0.4) is 0 Å². The molecule has 5 heteroatoms. The Morgan fingerprint density at radius 3 is 2.14 bits per heavy atom. The fourth-order valence-electron chi connectivity index (χ4n) is 3.36. The zero-order chi connectivity index (χ0) is 19.6. The molecule has 0 bridgehead atoms. The van der Waals surface area contributed by atoms with Crippen molar-refractivity contribution >= 4 is 5.91 Å². The summed E-state index contributed by atoms with van der Waals surface area (Å²) in [5, 5.41) is 3.00. The lowest BCUT2D eigenvalue weighted by Gasteiger charge is -2.34. The first-order valence-electron chi connectivity index (χ1n) is 10.1. The third-order valence-electron chi connectivity index (χ3n) is 5.15. The van der Waals surface area contributed by atoms with E-state index in [-0.39, 0.29) is 5.91 Å². The molecule has 1 N–H and O–H groups in total. The quantitative estimate of drug-likeness (QED) is 0.725. The van der Waals surface area contributed by atoms with Crippen LogP contribution >= 0.6 is 0 Å². The number of rotatable bonds is 9. The summed E-state index contributed by atoms with van der Waals surface area (Å²) in [5.74, 6) is -0.0429. The molecule has 3 rings (SSSR count). The van der Waals surface area contributed by atoms with E-state index < -0.39 is 6.10 Å². The van der Waals surface area contributed by atoms with Crippen LogP contribution < -0.4 is 5.32 Å². The van der Waals surface area contributed by atoms with Gasteiger partial charge in [-0.2, -0.15) is 0 Å². The van der Waals surface area contributed by atoms with Crippen molar-refractivity contribution in [3.63, 3.8) is 0 Å². The minimum atomic E-state index is -0.442. The molecule has 0 aromatic heterocycles. The number of carbonyl (C=O) groups excluding carboxylic acids is 1. The molecule has 1 aliphatic heterocycles. The molecule has 1 saturated heterocycles. The highest BCUT2D eigenvalue weighted by Gasteiger charge is 2.18. The SMILES string of the molecule is C[C@@H](OCc1ccccc1)C(=O)NCCN1CCN(Cc2ccccc2)CC1. The minimum absolute atomic E-state index is 0.0429. The van der Waals surface area contributed by atoms with Gasteiger partial charge in [-0.3, -0.25) is 14.6 Å². The molecule has 1 atom stereocenters. The van der Waals surface area contributed by atoms with Crippen LogP contribution in [0.5, 0.6) is 0 Å². The highest BCUT2D eigenvalue weighted by Crippen LogP contribution is 2.08. The van der Waals surface area contributed by atoms with Gasteiger partial charge in [-0.15, -0.1) is 0 Å². The molecule has 0 saturated carbocycles. The Kier molecular flexibility index (Phi) is 8.03. The molecule has 2 aromatic rings. The van der Waals surface area contributed by atoms with Gasteiger partial charge >= 0.3 is 0 Å². The van der Waals surface area contributed by atoms with Crippen molar-refractivity contribution < 1.29 is 9.53 Å². The number of nitrogens with zero attached hydrogens (tertiary/aromatic N) is 2. The summed E-state index contributed by atoms with van der Waals surface area (Å²) in [6.45, 7) is 9.05. The second-order valence-electron chi connectivity index (χ2n) is 7.33. The molecule has 1 heterocycles. The Hall–Kier alpha value is -2.21. The van der Waals surface area contributed by atoms with Crippen molar-refractivity contribution in [2.24, 2.45) is 0 Å². The van der Waals surface area contributed by atoms with Crippen molar-refractivity contribution in [3.05, 3.63) is 71.8 Å². The van der Waals surface area contributed by atoms with Crippen molar-refractivity contribution in [2.45, 2.75) is 26.2 Å². The van der Waals surface area contributed by atoms with Gasteiger partial charge in [0, 0.05) is 45.8 Å². The number of nitrogens with one attached hydrogen (secondary N) is 1. The van der Waals surface area contributed by atoms with Crippen LogP contribution in [0.25, 0.3) is 0 Å². The van der Waals surface area contributed by atoms with Gasteiger partial charge in [0.25, 0.3) is 0 Å². The monoisotopic (exact) mass is 381 g/mol. The van der Waals surface area contributed by atoms with Crippen LogP contribution in [0.4, 0.5) is 0 Å². The fraction of sp³-hybridized carbons (Fsp3) is 0.435. The van der Waals surface area contributed by atoms with E-state index in [1.807, 2.05) is 30.3 Å². The van der Waals surface area contributed by atoms with E-state index in [0.717, 1.165) is 44.8 Å².